The van der Waals surface area contributed by atoms with Crippen LogP contribution in [0.25, 0.3) is 21.8 Å². The van der Waals surface area contributed by atoms with Crippen molar-refractivity contribution in [2.75, 3.05) is 7.11 Å². The summed E-state index contributed by atoms with van der Waals surface area (Å²) in [4.78, 5) is 29.9. The number of ether oxygens (including phenoxy) is 1. The van der Waals surface area contributed by atoms with E-state index in [1.165, 1.54) is 19.2 Å². The quantitative estimate of drug-likeness (QED) is 0.366. The van der Waals surface area contributed by atoms with Gasteiger partial charge in [0, 0.05) is 29.1 Å². The highest BCUT2D eigenvalue weighted by Gasteiger charge is 2.30. The number of hydrogen-bond acceptors (Lipinski definition) is 4. The van der Waals surface area contributed by atoms with Crippen molar-refractivity contribution in [3.05, 3.63) is 77.9 Å². The molecule has 0 bridgehead atoms. The zero-order valence-corrected chi connectivity index (χ0v) is 20.5. The number of carbonyl (C=O) groups is 2. The fourth-order valence-electron chi connectivity index (χ4n) is 5.40. The van der Waals surface area contributed by atoms with Crippen LogP contribution in [0, 0.1) is 17.7 Å². The first-order valence-corrected chi connectivity index (χ1v) is 12.4. The van der Waals surface area contributed by atoms with E-state index in [2.05, 4.69) is 10.3 Å². The molecule has 6 nitrogen and oxygen atoms in total. The summed E-state index contributed by atoms with van der Waals surface area (Å²) >= 11 is 0. The summed E-state index contributed by atoms with van der Waals surface area (Å²) in [7, 11) is 1.43. The first-order valence-electron chi connectivity index (χ1n) is 12.4. The number of benzene rings is 2. The lowest BCUT2D eigenvalue weighted by Gasteiger charge is -2.31. The Hall–Kier alpha value is -3.74. The summed E-state index contributed by atoms with van der Waals surface area (Å²) in [5.41, 5.74) is 2.85. The summed E-state index contributed by atoms with van der Waals surface area (Å²) in [5.74, 6) is -0.278. The van der Waals surface area contributed by atoms with E-state index in [-0.39, 0.29) is 29.7 Å². The molecule has 1 saturated carbocycles. The number of carbonyl (C=O) groups excluding carboxylic acids is 2. The van der Waals surface area contributed by atoms with Gasteiger partial charge in [-0.1, -0.05) is 18.2 Å². The van der Waals surface area contributed by atoms with E-state index in [9.17, 15) is 14.0 Å². The zero-order valence-electron chi connectivity index (χ0n) is 20.5. The van der Waals surface area contributed by atoms with Gasteiger partial charge in [0.15, 0.2) is 0 Å². The van der Waals surface area contributed by atoms with Gasteiger partial charge in [0.05, 0.1) is 41.9 Å². The number of nitrogens with zero attached hydrogens (tertiary/aromatic N) is 2. The number of rotatable bonds is 6. The van der Waals surface area contributed by atoms with Crippen molar-refractivity contribution < 1.29 is 18.7 Å². The van der Waals surface area contributed by atoms with Crippen molar-refractivity contribution >= 4 is 33.7 Å². The van der Waals surface area contributed by atoms with Gasteiger partial charge in [-0.15, -0.1) is 0 Å². The molecule has 2 heterocycles. The summed E-state index contributed by atoms with van der Waals surface area (Å²) in [5, 5.41) is 5.06. The largest absolute Gasteiger partial charge is 0.469 e. The third-order valence-corrected chi connectivity index (χ3v) is 7.45. The molecule has 0 radical (unpaired) electrons. The van der Waals surface area contributed by atoms with Gasteiger partial charge in [-0.3, -0.25) is 14.6 Å². The molecule has 0 spiro atoms. The van der Waals surface area contributed by atoms with E-state index in [0.29, 0.717) is 23.5 Å². The lowest BCUT2D eigenvalue weighted by Crippen LogP contribution is -2.40. The number of halogens is 1. The number of amides is 1. The topological polar surface area (TPSA) is 73.2 Å². The Labute approximate surface area is 209 Å². The second kappa shape index (κ2) is 10.1. The molecule has 36 heavy (non-hydrogen) atoms. The molecule has 1 fully saturated rings. The Balaban J connectivity index is 1.34. The Kier molecular flexibility index (Phi) is 6.72. The molecule has 5 rings (SSSR count). The fraction of sp³-hybridized carbons (Fsp3) is 0.345. The van der Waals surface area contributed by atoms with Crippen molar-refractivity contribution in [1.82, 2.24) is 14.9 Å². The highest BCUT2D eigenvalue weighted by Crippen LogP contribution is 2.32. The first-order chi connectivity index (χ1) is 17.4. The smallest absolute Gasteiger partial charge is 0.308 e. The third-order valence-electron chi connectivity index (χ3n) is 7.45. The molecule has 1 aliphatic rings. The van der Waals surface area contributed by atoms with Crippen LogP contribution in [0.4, 0.5) is 4.39 Å². The maximum atomic E-state index is 13.7. The standard InChI is InChI=1S/C29H30FN3O3/c1-18(19-6-8-22(9-7-19)29(35)36-2)31-28(34)25-5-3-4-21-14-15-33(27(21)25)17-24-13-11-20-10-12-23(30)16-26(20)32-24/h3-5,10-16,18-19,22H,6-9,17H2,1-2H3,(H,31,34)/t18-,19?,22?/m0/s1. The Morgan fingerprint density at radius 1 is 1.08 bits per heavy atom. The van der Waals surface area contributed by atoms with Gasteiger partial charge in [0.1, 0.15) is 5.82 Å². The molecule has 0 saturated heterocycles. The van der Waals surface area contributed by atoms with E-state index >= 15 is 0 Å². The van der Waals surface area contributed by atoms with Crippen LogP contribution in [-0.4, -0.2) is 34.6 Å². The molecule has 1 atom stereocenters. The van der Waals surface area contributed by atoms with Crippen molar-refractivity contribution in [2.45, 2.75) is 45.2 Å². The minimum absolute atomic E-state index is 0.00758. The van der Waals surface area contributed by atoms with Gasteiger partial charge in [0.2, 0.25) is 0 Å². The van der Waals surface area contributed by atoms with Crippen LogP contribution < -0.4 is 5.32 Å². The second-order valence-electron chi connectivity index (χ2n) is 9.72. The van der Waals surface area contributed by atoms with Crippen LogP contribution in [0.2, 0.25) is 0 Å². The number of esters is 1. The van der Waals surface area contributed by atoms with Gasteiger partial charge in [-0.05, 0) is 68.9 Å². The number of aromatic nitrogens is 2. The van der Waals surface area contributed by atoms with Crippen molar-refractivity contribution in [3.63, 3.8) is 0 Å². The van der Waals surface area contributed by atoms with Gasteiger partial charge >= 0.3 is 5.97 Å². The summed E-state index contributed by atoms with van der Waals surface area (Å²) in [6, 6.07) is 16.2. The van der Waals surface area contributed by atoms with Gasteiger partial charge < -0.3 is 14.6 Å². The number of fused-ring (bicyclic) bond motifs is 2. The predicted octanol–water partition coefficient (Wildman–Crippen LogP) is 5.47. The van der Waals surface area contributed by atoms with Crippen LogP contribution in [0.3, 0.4) is 0 Å². The fourth-order valence-corrected chi connectivity index (χ4v) is 5.40. The summed E-state index contributed by atoms with van der Waals surface area (Å²) < 4.78 is 20.6. The third kappa shape index (κ3) is 4.83. The van der Waals surface area contributed by atoms with Gasteiger partial charge in [-0.2, -0.15) is 0 Å². The average molecular weight is 488 g/mol. The maximum absolute atomic E-state index is 13.7. The van der Waals surface area contributed by atoms with Crippen LogP contribution in [0.5, 0.6) is 0 Å². The number of para-hydroxylation sites is 1. The Bertz CT molecular complexity index is 1420. The molecular weight excluding hydrogens is 457 g/mol. The van der Waals surface area contributed by atoms with E-state index in [4.69, 9.17) is 4.74 Å². The SMILES string of the molecule is COC(=O)C1CCC([C@H](C)NC(=O)c2cccc3ccn(Cc4ccc5ccc(F)cc5n4)c23)CC1. The minimum Gasteiger partial charge on any atom is -0.469 e. The van der Waals surface area contributed by atoms with Crippen molar-refractivity contribution in [1.29, 1.82) is 0 Å². The number of hydrogen-bond donors (Lipinski definition) is 1. The zero-order chi connectivity index (χ0) is 25.2. The molecule has 4 aromatic rings. The lowest BCUT2D eigenvalue weighted by molar-refractivity contribution is -0.146. The molecule has 1 N–H and O–H groups in total. The second-order valence-corrected chi connectivity index (χ2v) is 9.72. The van der Waals surface area contributed by atoms with E-state index in [1.807, 2.05) is 54.1 Å². The molecule has 1 aliphatic carbocycles. The number of methoxy groups -OCH3 is 1. The molecule has 2 aromatic carbocycles. The van der Waals surface area contributed by atoms with E-state index in [1.54, 1.807) is 6.07 Å². The molecule has 0 aliphatic heterocycles. The normalized spacial score (nSPS) is 18.8. The highest BCUT2D eigenvalue weighted by atomic mass is 19.1. The molecular formula is C29H30FN3O3. The first kappa shape index (κ1) is 24.0. The van der Waals surface area contributed by atoms with Gasteiger partial charge in [0.25, 0.3) is 5.91 Å². The molecule has 7 heteroatoms. The van der Waals surface area contributed by atoms with Crippen LogP contribution in [0.15, 0.2) is 60.8 Å². The van der Waals surface area contributed by atoms with E-state index < -0.39 is 0 Å². The summed E-state index contributed by atoms with van der Waals surface area (Å²) in [6.45, 7) is 2.51. The summed E-state index contributed by atoms with van der Waals surface area (Å²) in [6.07, 6.45) is 5.31. The molecule has 1 amide bonds. The number of pyridine rings is 1. The highest BCUT2D eigenvalue weighted by molar-refractivity contribution is 6.06. The van der Waals surface area contributed by atoms with Crippen LogP contribution >= 0.6 is 0 Å². The van der Waals surface area contributed by atoms with Crippen LogP contribution in [-0.2, 0) is 16.1 Å². The molecule has 186 valence electrons. The van der Waals surface area contributed by atoms with E-state index in [0.717, 1.165) is 47.7 Å². The lowest BCUT2D eigenvalue weighted by atomic mass is 9.79. The van der Waals surface area contributed by atoms with Crippen LogP contribution in [0.1, 0.15) is 48.7 Å². The van der Waals surface area contributed by atoms with Crippen molar-refractivity contribution in [2.24, 2.45) is 11.8 Å². The Morgan fingerprint density at radius 2 is 1.86 bits per heavy atom. The predicted molar refractivity (Wildman–Crippen MR) is 137 cm³/mol. The molecule has 0 unspecified atom stereocenters. The monoisotopic (exact) mass is 487 g/mol. The maximum Gasteiger partial charge on any atom is 0.308 e. The van der Waals surface area contributed by atoms with Gasteiger partial charge in [-0.25, -0.2) is 4.39 Å². The minimum atomic E-state index is -0.314. The average Bonchev–Trinajstić information content (AvgIpc) is 3.30. The van der Waals surface area contributed by atoms with Crippen molar-refractivity contribution in [3.8, 4) is 0 Å². The number of nitrogens with one attached hydrogen (secondary N) is 1. The molecule has 2 aromatic heterocycles. The Morgan fingerprint density at radius 3 is 2.64 bits per heavy atom.